The van der Waals surface area contributed by atoms with Crippen LogP contribution in [0.1, 0.15) is 39.4 Å². The first-order valence-electron chi connectivity index (χ1n) is 7.76. The van der Waals surface area contributed by atoms with E-state index in [-0.39, 0.29) is 17.3 Å². The molecule has 1 N–H and O–H groups in total. The topological polar surface area (TPSA) is 86.1 Å². The number of rotatable bonds is 3. The average molecular weight is 320 g/mol. The molecule has 1 saturated heterocycles. The summed E-state index contributed by atoms with van der Waals surface area (Å²) in [7, 11) is 0. The molecule has 0 radical (unpaired) electrons. The predicted octanol–water partition coefficient (Wildman–Crippen LogP) is 2.44. The quantitative estimate of drug-likeness (QED) is 0.941. The Kier molecular flexibility index (Phi) is 4.52. The normalized spacial score (nSPS) is 13.4. The number of carbonyl (C=O) groups is 2. The van der Waals surface area contributed by atoms with Crippen molar-refractivity contribution in [3.8, 4) is 6.07 Å². The first-order chi connectivity index (χ1) is 11.7. The van der Waals surface area contributed by atoms with Crippen LogP contribution in [0.2, 0.25) is 0 Å². The maximum Gasteiger partial charge on any atom is 0.274 e. The molecule has 3 rings (SSSR count). The number of nitrogens with zero attached hydrogens (tertiary/aromatic N) is 3. The molecule has 1 aromatic heterocycles. The zero-order chi connectivity index (χ0) is 16.9. The van der Waals surface area contributed by atoms with Gasteiger partial charge >= 0.3 is 0 Å². The molecule has 120 valence electrons. The zero-order valence-corrected chi connectivity index (χ0v) is 13.0. The van der Waals surface area contributed by atoms with Gasteiger partial charge in [0.05, 0.1) is 11.3 Å². The number of amides is 2. The minimum absolute atomic E-state index is 0.146. The van der Waals surface area contributed by atoms with Gasteiger partial charge in [0.2, 0.25) is 0 Å². The third-order valence-electron chi connectivity index (χ3n) is 3.89. The number of anilines is 1. The highest BCUT2D eigenvalue weighted by Gasteiger charge is 2.21. The van der Waals surface area contributed by atoms with Gasteiger partial charge in [0.1, 0.15) is 17.5 Å². The van der Waals surface area contributed by atoms with E-state index in [2.05, 4.69) is 10.3 Å². The first-order valence-corrected chi connectivity index (χ1v) is 7.76. The summed E-state index contributed by atoms with van der Waals surface area (Å²) >= 11 is 0. The number of hydrogen-bond donors (Lipinski definition) is 1. The Balaban J connectivity index is 1.79. The Labute approximate surface area is 139 Å². The van der Waals surface area contributed by atoms with Crippen molar-refractivity contribution in [1.29, 1.82) is 5.26 Å². The van der Waals surface area contributed by atoms with E-state index in [0.29, 0.717) is 11.3 Å². The molecule has 2 heterocycles. The SMILES string of the molecule is N#Cc1ccccc1NC(=O)c1cccc(C(=O)N2CCCC2)n1. The number of nitriles is 1. The number of carbonyl (C=O) groups excluding carboxylic acids is 2. The Morgan fingerprint density at radius 3 is 2.50 bits per heavy atom. The number of para-hydroxylation sites is 1. The smallest absolute Gasteiger partial charge is 0.274 e. The fraction of sp³-hybridized carbons (Fsp3) is 0.222. The Bertz CT molecular complexity index is 820. The van der Waals surface area contributed by atoms with Crippen LogP contribution in [-0.4, -0.2) is 34.8 Å². The van der Waals surface area contributed by atoms with Crippen molar-refractivity contribution < 1.29 is 9.59 Å². The molecule has 2 amide bonds. The Morgan fingerprint density at radius 1 is 1.04 bits per heavy atom. The lowest BCUT2D eigenvalue weighted by Crippen LogP contribution is -2.29. The molecule has 0 saturated carbocycles. The molecule has 0 aliphatic carbocycles. The summed E-state index contributed by atoms with van der Waals surface area (Å²) in [6, 6.07) is 13.5. The van der Waals surface area contributed by atoms with Crippen LogP contribution in [0.5, 0.6) is 0 Å². The van der Waals surface area contributed by atoms with E-state index in [4.69, 9.17) is 5.26 Å². The van der Waals surface area contributed by atoms with Crippen molar-refractivity contribution in [3.63, 3.8) is 0 Å². The highest BCUT2D eigenvalue weighted by atomic mass is 16.2. The molecule has 6 nitrogen and oxygen atoms in total. The molecule has 1 aliphatic rings. The Morgan fingerprint density at radius 2 is 1.75 bits per heavy atom. The van der Waals surface area contributed by atoms with E-state index >= 15 is 0 Å². The fourth-order valence-corrected chi connectivity index (χ4v) is 2.64. The number of hydrogen-bond acceptors (Lipinski definition) is 4. The second kappa shape index (κ2) is 6.92. The standard InChI is InChI=1S/C18H16N4O2/c19-12-13-6-1-2-7-14(13)21-17(23)15-8-5-9-16(20-15)18(24)22-10-3-4-11-22/h1-2,5-9H,3-4,10-11H2,(H,21,23). The molecule has 0 unspecified atom stereocenters. The number of likely N-dealkylation sites (tertiary alicyclic amines) is 1. The molecular weight excluding hydrogens is 304 g/mol. The lowest BCUT2D eigenvalue weighted by atomic mass is 10.2. The van der Waals surface area contributed by atoms with Gasteiger partial charge in [0.15, 0.2) is 0 Å². The monoisotopic (exact) mass is 320 g/mol. The number of aromatic nitrogens is 1. The van der Waals surface area contributed by atoms with Gasteiger partial charge in [-0.1, -0.05) is 18.2 Å². The van der Waals surface area contributed by atoms with Crippen LogP contribution in [0, 0.1) is 11.3 Å². The van der Waals surface area contributed by atoms with Gasteiger partial charge in [-0.05, 0) is 37.1 Å². The molecule has 0 atom stereocenters. The average Bonchev–Trinajstić information content (AvgIpc) is 3.16. The molecule has 1 fully saturated rings. The lowest BCUT2D eigenvalue weighted by molar-refractivity contribution is 0.0787. The molecule has 24 heavy (non-hydrogen) atoms. The molecule has 1 aliphatic heterocycles. The van der Waals surface area contributed by atoms with Gasteiger partial charge in [-0.2, -0.15) is 5.26 Å². The van der Waals surface area contributed by atoms with Crippen molar-refractivity contribution in [3.05, 3.63) is 59.4 Å². The second-order valence-electron chi connectivity index (χ2n) is 5.52. The Hall–Kier alpha value is -3.20. The van der Waals surface area contributed by atoms with Crippen molar-refractivity contribution in [2.75, 3.05) is 18.4 Å². The minimum Gasteiger partial charge on any atom is -0.337 e. The van der Waals surface area contributed by atoms with Crippen LogP contribution in [0.3, 0.4) is 0 Å². The largest absolute Gasteiger partial charge is 0.337 e. The van der Waals surface area contributed by atoms with E-state index in [1.54, 1.807) is 47.4 Å². The van der Waals surface area contributed by atoms with Gasteiger partial charge in [0, 0.05) is 13.1 Å². The summed E-state index contributed by atoms with van der Waals surface area (Å²) in [6.07, 6.45) is 1.99. The zero-order valence-electron chi connectivity index (χ0n) is 13.0. The third kappa shape index (κ3) is 3.25. The van der Waals surface area contributed by atoms with Crippen molar-refractivity contribution >= 4 is 17.5 Å². The van der Waals surface area contributed by atoms with Gasteiger partial charge in [0.25, 0.3) is 11.8 Å². The van der Waals surface area contributed by atoms with Crippen LogP contribution < -0.4 is 5.32 Å². The van der Waals surface area contributed by atoms with E-state index in [1.807, 2.05) is 6.07 Å². The van der Waals surface area contributed by atoms with Crippen molar-refractivity contribution in [1.82, 2.24) is 9.88 Å². The summed E-state index contributed by atoms with van der Waals surface area (Å²) in [5.74, 6) is -0.603. The van der Waals surface area contributed by atoms with Crippen LogP contribution in [-0.2, 0) is 0 Å². The van der Waals surface area contributed by atoms with Crippen LogP contribution in [0.25, 0.3) is 0 Å². The molecule has 0 spiro atoms. The van der Waals surface area contributed by atoms with E-state index in [0.717, 1.165) is 25.9 Å². The summed E-state index contributed by atoms with van der Waals surface area (Å²) < 4.78 is 0. The van der Waals surface area contributed by atoms with Crippen LogP contribution in [0.4, 0.5) is 5.69 Å². The molecule has 2 aromatic rings. The number of pyridine rings is 1. The molecular formula is C18H16N4O2. The summed E-state index contributed by atoms with van der Waals surface area (Å²) in [5, 5.41) is 11.7. The van der Waals surface area contributed by atoms with E-state index in [9.17, 15) is 9.59 Å². The molecule has 0 bridgehead atoms. The van der Waals surface area contributed by atoms with Crippen LogP contribution >= 0.6 is 0 Å². The van der Waals surface area contributed by atoms with E-state index in [1.165, 1.54) is 0 Å². The van der Waals surface area contributed by atoms with E-state index < -0.39 is 5.91 Å². The summed E-state index contributed by atoms with van der Waals surface area (Å²) in [5.41, 5.74) is 1.20. The maximum absolute atomic E-state index is 12.4. The first kappa shape index (κ1) is 15.7. The lowest BCUT2D eigenvalue weighted by Gasteiger charge is -2.14. The minimum atomic E-state index is -0.450. The number of nitrogens with one attached hydrogen (secondary N) is 1. The molecule has 1 aromatic carbocycles. The predicted molar refractivity (Wildman–Crippen MR) is 88.5 cm³/mol. The third-order valence-corrected chi connectivity index (χ3v) is 3.89. The summed E-state index contributed by atoms with van der Waals surface area (Å²) in [6.45, 7) is 1.46. The summed E-state index contributed by atoms with van der Waals surface area (Å²) in [4.78, 5) is 30.7. The maximum atomic E-state index is 12.4. The van der Waals surface area contributed by atoms with Gasteiger partial charge in [-0.25, -0.2) is 4.98 Å². The highest BCUT2D eigenvalue weighted by molar-refractivity contribution is 6.04. The van der Waals surface area contributed by atoms with Crippen molar-refractivity contribution in [2.24, 2.45) is 0 Å². The number of benzene rings is 1. The van der Waals surface area contributed by atoms with Crippen molar-refractivity contribution in [2.45, 2.75) is 12.8 Å². The fourth-order valence-electron chi connectivity index (χ4n) is 2.64. The molecule has 6 heteroatoms. The van der Waals surface area contributed by atoms with Crippen LogP contribution in [0.15, 0.2) is 42.5 Å². The van der Waals surface area contributed by atoms with Gasteiger partial charge in [-0.3, -0.25) is 9.59 Å². The van der Waals surface area contributed by atoms with Gasteiger partial charge in [-0.15, -0.1) is 0 Å². The second-order valence-corrected chi connectivity index (χ2v) is 5.52. The highest BCUT2D eigenvalue weighted by Crippen LogP contribution is 2.15. The van der Waals surface area contributed by atoms with Gasteiger partial charge < -0.3 is 10.2 Å².